The molecule has 0 aliphatic rings. The van der Waals surface area contributed by atoms with E-state index < -0.39 is 0 Å². The van der Waals surface area contributed by atoms with E-state index >= 15 is 0 Å². The molecule has 4 nitrogen and oxygen atoms in total. The molecule has 0 radical (unpaired) electrons. The summed E-state index contributed by atoms with van der Waals surface area (Å²) >= 11 is 9.11. The number of carbonyl (C=O) groups excluding carboxylic acids is 1. The fourth-order valence-electron chi connectivity index (χ4n) is 1.52. The van der Waals surface area contributed by atoms with E-state index in [0.717, 1.165) is 4.47 Å². The molecule has 0 saturated carbocycles. The Labute approximate surface area is 130 Å². The third-order valence-electron chi connectivity index (χ3n) is 2.45. The largest absolute Gasteiger partial charge is 0.484 e. The van der Waals surface area contributed by atoms with Crippen LogP contribution in [0.2, 0.25) is 5.02 Å². The minimum absolute atomic E-state index is 0.101. The molecule has 104 valence electrons. The summed E-state index contributed by atoms with van der Waals surface area (Å²) in [6.07, 6.45) is 0. The Balaban J connectivity index is 1.91. The van der Waals surface area contributed by atoms with E-state index in [1.807, 2.05) is 0 Å². The molecule has 2 aromatic carbocycles. The van der Waals surface area contributed by atoms with Gasteiger partial charge in [0.1, 0.15) is 5.75 Å². The fourth-order valence-corrected chi connectivity index (χ4v) is 1.95. The first-order valence-electron chi connectivity index (χ1n) is 5.78. The van der Waals surface area contributed by atoms with Crippen molar-refractivity contribution in [2.45, 2.75) is 0 Å². The smallest absolute Gasteiger partial charge is 0.262 e. The van der Waals surface area contributed by atoms with Crippen LogP contribution in [0.1, 0.15) is 0 Å². The monoisotopic (exact) mass is 354 g/mol. The average molecular weight is 356 g/mol. The Hall–Kier alpha value is -1.72. The third kappa shape index (κ3) is 4.15. The summed E-state index contributed by atoms with van der Waals surface area (Å²) in [6, 6.07) is 12.1. The summed E-state index contributed by atoms with van der Waals surface area (Å²) in [5, 5.41) is 3.26. The normalized spacial score (nSPS) is 10.1. The van der Waals surface area contributed by atoms with Gasteiger partial charge in [0, 0.05) is 20.9 Å². The van der Waals surface area contributed by atoms with Crippen LogP contribution in [0.5, 0.6) is 5.75 Å². The van der Waals surface area contributed by atoms with Gasteiger partial charge < -0.3 is 15.8 Å². The van der Waals surface area contributed by atoms with Crippen LogP contribution >= 0.6 is 27.5 Å². The lowest BCUT2D eigenvalue weighted by molar-refractivity contribution is -0.118. The molecule has 0 heterocycles. The lowest BCUT2D eigenvalue weighted by Gasteiger charge is -2.08. The Bertz CT molecular complexity index is 634. The maximum atomic E-state index is 11.7. The Morgan fingerprint density at radius 2 is 2.10 bits per heavy atom. The molecule has 6 heteroatoms. The van der Waals surface area contributed by atoms with Gasteiger partial charge in [0.05, 0.1) is 0 Å². The molecule has 0 spiro atoms. The van der Waals surface area contributed by atoms with Crippen molar-refractivity contribution in [1.29, 1.82) is 0 Å². The molecule has 2 aromatic rings. The SMILES string of the molecule is Nc1cc(NC(=O)COc2cccc(Cl)c2)ccc1Br. The van der Waals surface area contributed by atoms with Crippen LogP contribution in [0.25, 0.3) is 0 Å². The second-order valence-electron chi connectivity index (χ2n) is 4.03. The number of ether oxygens (including phenoxy) is 1. The molecule has 0 bridgehead atoms. The number of halogens is 2. The third-order valence-corrected chi connectivity index (χ3v) is 3.40. The highest BCUT2D eigenvalue weighted by Crippen LogP contribution is 2.23. The quantitative estimate of drug-likeness (QED) is 0.822. The number of hydrogen-bond donors (Lipinski definition) is 2. The molecule has 1 amide bonds. The van der Waals surface area contributed by atoms with Crippen molar-refractivity contribution in [3.05, 3.63) is 52.0 Å². The van der Waals surface area contributed by atoms with E-state index in [9.17, 15) is 4.79 Å². The molecule has 0 atom stereocenters. The highest BCUT2D eigenvalue weighted by atomic mass is 79.9. The van der Waals surface area contributed by atoms with Gasteiger partial charge in [-0.05, 0) is 52.3 Å². The summed E-state index contributed by atoms with van der Waals surface area (Å²) < 4.78 is 6.12. The van der Waals surface area contributed by atoms with Crippen molar-refractivity contribution in [2.24, 2.45) is 0 Å². The molecular formula is C14H12BrClN2O2. The first-order chi connectivity index (χ1) is 9.54. The molecule has 0 saturated heterocycles. The van der Waals surface area contributed by atoms with E-state index in [1.165, 1.54) is 0 Å². The number of nitrogen functional groups attached to an aromatic ring is 1. The van der Waals surface area contributed by atoms with Crippen LogP contribution in [0.4, 0.5) is 11.4 Å². The molecule has 20 heavy (non-hydrogen) atoms. The van der Waals surface area contributed by atoms with Gasteiger partial charge in [-0.25, -0.2) is 0 Å². The van der Waals surface area contributed by atoms with Crippen molar-refractivity contribution in [3.8, 4) is 5.75 Å². The van der Waals surface area contributed by atoms with Gasteiger partial charge in [0.2, 0.25) is 0 Å². The number of nitrogens with two attached hydrogens (primary N) is 1. The molecule has 3 N–H and O–H groups in total. The van der Waals surface area contributed by atoms with Crippen LogP contribution in [-0.4, -0.2) is 12.5 Å². The van der Waals surface area contributed by atoms with Gasteiger partial charge >= 0.3 is 0 Å². The van der Waals surface area contributed by atoms with Gasteiger partial charge in [-0.1, -0.05) is 17.7 Å². The minimum Gasteiger partial charge on any atom is -0.484 e. The first kappa shape index (κ1) is 14.7. The Kier molecular flexibility index (Phi) is 4.87. The number of nitrogens with one attached hydrogen (secondary N) is 1. The van der Waals surface area contributed by atoms with Crippen LogP contribution in [-0.2, 0) is 4.79 Å². The lowest BCUT2D eigenvalue weighted by Crippen LogP contribution is -2.20. The number of amides is 1. The van der Waals surface area contributed by atoms with Gasteiger partial charge in [-0.3, -0.25) is 4.79 Å². The predicted molar refractivity (Wildman–Crippen MR) is 84.1 cm³/mol. The summed E-state index contributed by atoms with van der Waals surface area (Å²) in [5.74, 6) is 0.273. The molecule has 0 aliphatic carbocycles. The fraction of sp³-hybridized carbons (Fsp3) is 0.0714. The second-order valence-corrected chi connectivity index (χ2v) is 5.32. The molecule has 0 aromatic heterocycles. The first-order valence-corrected chi connectivity index (χ1v) is 6.95. The predicted octanol–water partition coefficient (Wildman–Crippen LogP) is 3.70. The van der Waals surface area contributed by atoms with Crippen LogP contribution < -0.4 is 15.8 Å². The van der Waals surface area contributed by atoms with Crippen LogP contribution in [0.15, 0.2) is 46.9 Å². The molecular weight excluding hydrogens is 344 g/mol. The summed E-state index contributed by atoms with van der Waals surface area (Å²) in [4.78, 5) is 11.7. The zero-order valence-corrected chi connectivity index (χ0v) is 12.7. The molecule has 0 aliphatic heterocycles. The van der Waals surface area contributed by atoms with E-state index in [0.29, 0.717) is 22.1 Å². The number of carbonyl (C=O) groups is 1. The van der Waals surface area contributed by atoms with E-state index in [4.69, 9.17) is 22.1 Å². The Morgan fingerprint density at radius 1 is 1.30 bits per heavy atom. The number of hydrogen-bond acceptors (Lipinski definition) is 3. The van der Waals surface area contributed by atoms with Gasteiger partial charge in [0.25, 0.3) is 5.91 Å². The molecule has 2 rings (SSSR count). The minimum atomic E-state index is -0.272. The maximum absolute atomic E-state index is 11.7. The van der Waals surface area contributed by atoms with Gasteiger partial charge in [0.15, 0.2) is 6.61 Å². The van der Waals surface area contributed by atoms with E-state index in [2.05, 4.69) is 21.2 Å². The summed E-state index contributed by atoms with van der Waals surface area (Å²) in [7, 11) is 0. The maximum Gasteiger partial charge on any atom is 0.262 e. The van der Waals surface area contributed by atoms with Crippen molar-refractivity contribution < 1.29 is 9.53 Å². The van der Waals surface area contributed by atoms with Gasteiger partial charge in [-0.15, -0.1) is 0 Å². The van der Waals surface area contributed by atoms with Gasteiger partial charge in [-0.2, -0.15) is 0 Å². The van der Waals surface area contributed by atoms with Crippen molar-refractivity contribution in [3.63, 3.8) is 0 Å². The van der Waals surface area contributed by atoms with Crippen molar-refractivity contribution in [1.82, 2.24) is 0 Å². The Morgan fingerprint density at radius 3 is 2.80 bits per heavy atom. The standard InChI is InChI=1S/C14H12BrClN2O2/c15-12-5-4-10(7-13(12)17)18-14(19)8-20-11-3-1-2-9(16)6-11/h1-7H,8,17H2,(H,18,19). The van der Waals surface area contributed by atoms with E-state index in [-0.39, 0.29) is 12.5 Å². The van der Waals surface area contributed by atoms with Crippen molar-refractivity contribution in [2.75, 3.05) is 17.7 Å². The van der Waals surface area contributed by atoms with Crippen LogP contribution in [0.3, 0.4) is 0 Å². The van der Waals surface area contributed by atoms with Crippen molar-refractivity contribution >= 4 is 44.8 Å². The number of anilines is 2. The lowest BCUT2D eigenvalue weighted by atomic mass is 10.3. The second kappa shape index (κ2) is 6.63. The van der Waals surface area contributed by atoms with E-state index in [1.54, 1.807) is 42.5 Å². The van der Waals surface area contributed by atoms with Crippen LogP contribution in [0, 0.1) is 0 Å². The molecule has 0 fully saturated rings. The number of benzene rings is 2. The topological polar surface area (TPSA) is 64.3 Å². The zero-order chi connectivity index (χ0) is 14.5. The average Bonchev–Trinajstić information content (AvgIpc) is 2.41. The summed E-state index contributed by atoms with van der Waals surface area (Å²) in [5.41, 5.74) is 6.90. The highest BCUT2D eigenvalue weighted by Gasteiger charge is 2.05. The highest BCUT2D eigenvalue weighted by molar-refractivity contribution is 9.10. The zero-order valence-electron chi connectivity index (χ0n) is 10.4. The number of rotatable bonds is 4. The summed E-state index contributed by atoms with van der Waals surface area (Å²) in [6.45, 7) is -0.101. The molecule has 0 unspecified atom stereocenters.